The fourth-order valence-electron chi connectivity index (χ4n) is 2.17. The Labute approximate surface area is 119 Å². The highest BCUT2D eigenvalue weighted by Gasteiger charge is 2.04. The van der Waals surface area contributed by atoms with E-state index >= 15 is 0 Å². The molecule has 2 aromatic rings. The van der Waals surface area contributed by atoms with Gasteiger partial charge in [0.1, 0.15) is 5.84 Å². The number of nitrogen functional groups attached to an aromatic ring is 1. The molecule has 0 atom stereocenters. The van der Waals surface area contributed by atoms with Crippen LogP contribution in [0.3, 0.4) is 0 Å². The van der Waals surface area contributed by atoms with E-state index in [1.807, 2.05) is 49.4 Å². The van der Waals surface area contributed by atoms with Gasteiger partial charge in [0.05, 0.1) is 5.69 Å². The van der Waals surface area contributed by atoms with Crippen molar-refractivity contribution in [3.05, 3.63) is 65.0 Å². The summed E-state index contributed by atoms with van der Waals surface area (Å²) < 4.78 is 0. The first kappa shape index (κ1) is 14.2. The van der Waals surface area contributed by atoms with Crippen molar-refractivity contribution in [3.8, 4) is 0 Å². The van der Waals surface area contributed by atoms with Crippen LogP contribution in [0.25, 0.3) is 0 Å². The lowest BCUT2D eigenvalue weighted by molar-refractivity contribution is 0.315. The van der Waals surface area contributed by atoms with Crippen LogP contribution in [0.4, 0.5) is 0 Å². The summed E-state index contributed by atoms with van der Waals surface area (Å²) >= 11 is 0. The van der Waals surface area contributed by atoms with Crippen LogP contribution in [-0.4, -0.2) is 22.8 Å². The van der Waals surface area contributed by atoms with Gasteiger partial charge in [-0.2, -0.15) is 0 Å². The van der Waals surface area contributed by atoms with E-state index in [1.54, 1.807) is 0 Å². The van der Waals surface area contributed by atoms with Crippen molar-refractivity contribution in [3.63, 3.8) is 0 Å². The van der Waals surface area contributed by atoms with Crippen LogP contribution in [0.2, 0.25) is 0 Å². The quantitative estimate of drug-likeness (QED) is 0.646. The highest BCUT2D eigenvalue weighted by atomic mass is 15.1. The third kappa shape index (κ3) is 3.90. The van der Waals surface area contributed by atoms with Gasteiger partial charge in [-0.25, -0.2) is 0 Å². The van der Waals surface area contributed by atoms with Crippen molar-refractivity contribution in [2.45, 2.75) is 20.0 Å². The summed E-state index contributed by atoms with van der Waals surface area (Å²) in [7, 11) is 2.06. The molecule has 0 aliphatic heterocycles. The molecule has 0 amide bonds. The Morgan fingerprint density at radius 2 is 1.95 bits per heavy atom. The van der Waals surface area contributed by atoms with Gasteiger partial charge in [-0.05, 0) is 37.7 Å². The molecule has 4 nitrogen and oxygen atoms in total. The number of benzene rings is 1. The summed E-state index contributed by atoms with van der Waals surface area (Å²) in [6.07, 6.45) is 0. The molecule has 20 heavy (non-hydrogen) atoms. The number of aryl methyl sites for hydroxylation is 1. The van der Waals surface area contributed by atoms with Gasteiger partial charge in [-0.1, -0.05) is 24.3 Å². The Morgan fingerprint density at radius 1 is 1.20 bits per heavy atom. The molecule has 2 rings (SSSR count). The van der Waals surface area contributed by atoms with Crippen LogP contribution in [0.15, 0.2) is 42.5 Å². The Kier molecular flexibility index (Phi) is 4.48. The summed E-state index contributed by atoms with van der Waals surface area (Å²) in [4.78, 5) is 6.70. The van der Waals surface area contributed by atoms with Crippen molar-refractivity contribution in [1.82, 2.24) is 9.88 Å². The summed E-state index contributed by atoms with van der Waals surface area (Å²) in [6, 6.07) is 13.9. The van der Waals surface area contributed by atoms with Gasteiger partial charge in [0.15, 0.2) is 0 Å². The Bertz CT molecular complexity index is 607. The number of aromatic nitrogens is 1. The molecule has 0 unspecified atom stereocenters. The highest BCUT2D eigenvalue weighted by molar-refractivity contribution is 5.95. The van der Waals surface area contributed by atoms with Gasteiger partial charge in [-0.3, -0.25) is 15.3 Å². The predicted octanol–water partition coefficient (Wildman–Crippen LogP) is 2.31. The molecular formula is C16H20N4. The molecule has 104 valence electrons. The van der Waals surface area contributed by atoms with Gasteiger partial charge in [-0.15, -0.1) is 0 Å². The maximum Gasteiger partial charge on any atom is 0.122 e. The minimum atomic E-state index is 0.106. The second kappa shape index (κ2) is 6.30. The number of rotatable bonds is 5. The first-order chi connectivity index (χ1) is 9.54. The van der Waals surface area contributed by atoms with Crippen molar-refractivity contribution in [2.24, 2.45) is 5.73 Å². The number of nitrogens with one attached hydrogen (secondary N) is 1. The van der Waals surface area contributed by atoms with Crippen LogP contribution < -0.4 is 5.73 Å². The van der Waals surface area contributed by atoms with Crippen LogP contribution in [0.5, 0.6) is 0 Å². The van der Waals surface area contributed by atoms with E-state index in [-0.39, 0.29) is 5.84 Å². The summed E-state index contributed by atoms with van der Waals surface area (Å²) in [5.74, 6) is 0.106. The van der Waals surface area contributed by atoms with Crippen LogP contribution in [-0.2, 0) is 13.1 Å². The van der Waals surface area contributed by atoms with E-state index in [9.17, 15) is 0 Å². The highest BCUT2D eigenvalue weighted by Crippen LogP contribution is 2.09. The van der Waals surface area contributed by atoms with Crippen molar-refractivity contribution in [2.75, 3.05) is 7.05 Å². The second-order valence-electron chi connectivity index (χ2n) is 5.06. The average molecular weight is 268 g/mol. The monoisotopic (exact) mass is 268 g/mol. The maximum atomic E-state index is 7.47. The Morgan fingerprint density at radius 3 is 2.65 bits per heavy atom. The molecule has 0 aliphatic carbocycles. The molecule has 1 heterocycles. The normalized spacial score (nSPS) is 10.8. The average Bonchev–Trinajstić information content (AvgIpc) is 2.38. The predicted molar refractivity (Wildman–Crippen MR) is 81.6 cm³/mol. The van der Waals surface area contributed by atoms with Crippen LogP contribution in [0, 0.1) is 12.3 Å². The number of nitrogens with two attached hydrogens (primary N) is 1. The Hall–Kier alpha value is -2.20. The molecule has 0 spiro atoms. The molecule has 4 heteroatoms. The smallest absolute Gasteiger partial charge is 0.122 e. The van der Waals surface area contributed by atoms with Crippen molar-refractivity contribution >= 4 is 5.84 Å². The lowest BCUT2D eigenvalue weighted by atomic mass is 10.1. The summed E-state index contributed by atoms with van der Waals surface area (Å²) in [6.45, 7) is 3.60. The molecule has 0 bridgehead atoms. The standard InChI is InChI=1S/C16H20N4/c1-12-5-3-8-15(19-12)11-20(2)10-13-6-4-7-14(9-13)16(17)18/h3-9H,10-11H2,1-2H3,(H3,17,18). The van der Waals surface area contributed by atoms with E-state index < -0.39 is 0 Å². The minimum absolute atomic E-state index is 0.106. The van der Waals surface area contributed by atoms with Crippen LogP contribution >= 0.6 is 0 Å². The van der Waals surface area contributed by atoms with Crippen molar-refractivity contribution < 1.29 is 0 Å². The zero-order chi connectivity index (χ0) is 14.5. The SMILES string of the molecule is Cc1cccc(CN(C)Cc2cccc(C(=N)N)c2)n1. The van der Waals surface area contributed by atoms with E-state index in [4.69, 9.17) is 11.1 Å². The molecule has 0 fully saturated rings. The number of amidine groups is 1. The van der Waals surface area contributed by atoms with E-state index in [2.05, 4.69) is 16.9 Å². The second-order valence-corrected chi connectivity index (χ2v) is 5.06. The molecule has 0 aliphatic rings. The lowest BCUT2D eigenvalue weighted by Crippen LogP contribution is -2.19. The van der Waals surface area contributed by atoms with Crippen LogP contribution in [0.1, 0.15) is 22.5 Å². The largest absolute Gasteiger partial charge is 0.384 e. The van der Waals surface area contributed by atoms with Gasteiger partial charge < -0.3 is 5.73 Å². The number of hydrogen-bond donors (Lipinski definition) is 2. The molecule has 0 saturated heterocycles. The Balaban J connectivity index is 2.02. The lowest BCUT2D eigenvalue weighted by Gasteiger charge is -2.17. The molecule has 0 saturated carbocycles. The fourth-order valence-corrected chi connectivity index (χ4v) is 2.17. The zero-order valence-electron chi connectivity index (χ0n) is 11.9. The molecule has 1 aromatic carbocycles. The molecule has 3 N–H and O–H groups in total. The van der Waals surface area contributed by atoms with E-state index in [1.165, 1.54) is 0 Å². The zero-order valence-corrected chi connectivity index (χ0v) is 11.9. The van der Waals surface area contributed by atoms with Gasteiger partial charge in [0.2, 0.25) is 0 Å². The van der Waals surface area contributed by atoms with E-state index in [0.29, 0.717) is 0 Å². The fraction of sp³-hybridized carbons (Fsp3) is 0.250. The van der Waals surface area contributed by atoms with E-state index in [0.717, 1.165) is 35.6 Å². The number of pyridine rings is 1. The first-order valence-electron chi connectivity index (χ1n) is 6.59. The summed E-state index contributed by atoms with van der Waals surface area (Å²) in [5, 5.41) is 7.47. The topological polar surface area (TPSA) is 66.0 Å². The number of hydrogen-bond acceptors (Lipinski definition) is 3. The third-order valence-corrected chi connectivity index (χ3v) is 3.07. The third-order valence-electron chi connectivity index (χ3n) is 3.07. The number of nitrogens with zero attached hydrogens (tertiary/aromatic N) is 2. The summed E-state index contributed by atoms with van der Waals surface area (Å²) in [5.41, 5.74) is 9.53. The molecular weight excluding hydrogens is 248 g/mol. The maximum absolute atomic E-state index is 7.47. The minimum Gasteiger partial charge on any atom is -0.384 e. The molecule has 0 radical (unpaired) electrons. The van der Waals surface area contributed by atoms with Crippen molar-refractivity contribution in [1.29, 1.82) is 5.41 Å². The van der Waals surface area contributed by atoms with Gasteiger partial charge in [0, 0.05) is 24.3 Å². The van der Waals surface area contributed by atoms with Gasteiger partial charge >= 0.3 is 0 Å². The first-order valence-corrected chi connectivity index (χ1v) is 6.59. The molecule has 1 aromatic heterocycles. The van der Waals surface area contributed by atoms with Gasteiger partial charge in [0.25, 0.3) is 0 Å².